The van der Waals surface area contributed by atoms with Gasteiger partial charge in [-0.2, -0.15) is 5.10 Å². The van der Waals surface area contributed by atoms with Crippen molar-refractivity contribution in [2.45, 2.75) is 19.5 Å². The average Bonchev–Trinajstić information content (AvgIpc) is 3.14. The van der Waals surface area contributed by atoms with Gasteiger partial charge < -0.3 is 15.2 Å². The van der Waals surface area contributed by atoms with Crippen LogP contribution in [0, 0.1) is 0 Å². The number of aliphatic imine (C=N–C) groups is 1. The summed E-state index contributed by atoms with van der Waals surface area (Å²) >= 11 is 0. The predicted molar refractivity (Wildman–Crippen MR) is 93.9 cm³/mol. The molecule has 116 valence electrons. The number of rotatable bonds is 7. The van der Waals surface area contributed by atoms with Crippen molar-refractivity contribution in [1.29, 1.82) is 0 Å². The molecule has 2 rings (SSSR count). The van der Waals surface area contributed by atoms with Gasteiger partial charge in [0.15, 0.2) is 5.96 Å². The second kappa shape index (κ2) is 10.2. The van der Waals surface area contributed by atoms with Gasteiger partial charge in [0.1, 0.15) is 0 Å². The Hall–Kier alpha value is -1.58. The third-order valence-electron chi connectivity index (χ3n) is 2.86. The molecule has 0 amide bonds. The van der Waals surface area contributed by atoms with Crippen LogP contribution in [0.3, 0.4) is 0 Å². The Labute approximate surface area is 141 Å². The van der Waals surface area contributed by atoms with Crippen LogP contribution in [-0.2, 0) is 13.1 Å². The lowest BCUT2D eigenvalue weighted by atomic mass is 10.4. The molecule has 0 radical (unpaired) electrons. The molecule has 0 aliphatic rings. The van der Waals surface area contributed by atoms with Crippen LogP contribution >= 0.6 is 24.0 Å². The summed E-state index contributed by atoms with van der Waals surface area (Å²) in [6, 6.07) is 1.93. The number of guanidine groups is 1. The Kier molecular flexibility index (Phi) is 8.48. The van der Waals surface area contributed by atoms with Crippen LogP contribution < -0.4 is 10.6 Å². The minimum atomic E-state index is 0. The van der Waals surface area contributed by atoms with E-state index in [9.17, 15) is 0 Å². The molecule has 7 nitrogen and oxygen atoms in total. The topological polar surface area (TPSA) is 72.1 Å². The van der Waals surface area contributed by atoms with Gasteiger partial charge in [-0.15, -0.1) is 24.0 Å². The summed E-state index contributed by atoms with van der Waals surface area (Å²) < 4.78 is 3.95. The molecule has 2 aromatic rings. The first-order valence-corrected chi connectivity index (χ1v) is 6.76. The van der Waals surface area contributed by atoms with E-state index in [4.69, 9.17) is 0 Å². The summed E-state index contributed by atoms with van der Waals surface area (Å²) in [5, 5.41) is 10.7. The molecule has 8 heteroatoms. The van der Waals surface area contributed by atoms with E-state index in [-0.39, 0.29) is 24.0 Å². The Balaban J connectivity index is 0.00000220. The molecule has 0 aliphatic heterocycles. The van der Waals surface area contributed by atoms with Gasteiger partial charge in [0, 0.05) is 58.0 Å². The fraction of sp³-hybridized carbons (Fsp3) is 0.462. The van der Waals surface area contributed by atoms with E-state index in [2.05, 4.69) is 25.7 Å². The smallest absolute Gasteiger partial charge is 0.191 e. The Bertz CT molecular complexity index is 493. The number of imidazole rings is 1. The van der Waals surface area contributed by atoms with Crippen LogP contribution in [0.2, 0.25) is 0 Å². The summed E-state index contributed by atoms with van der Waals surface area (Å²) in [6.07, 6.45) is 10.3. The zero-order chi connectivity index (χ0) is 14.0. The second-order valence-corrected chi connectivity index (χ2v) is 4.35. The first kappa shape index (κ1) is 17.5. The van der Waals surface area contributed by atoms with Crippen LogP contribution in [0.4, 0.5) is 0 Å². The van der Waals surface area contributed by atoms with Crippen LogP contribution in [0.1, 0.15) is 6.42 Å². The summed E-state index contributed by atoms with van der Waals surface area (Å²) in [6.45, 7) is 3.46. The minimum Gasteiger partial charge on any atom is -0.356 e. The molecule has 2 heterocycles. The summed E-state index contributed by atoms with van der Waals surface area (Å²) in [5.41, 5.74) is 0. The van der Waals surface area contributed by atoms with Gasteiger partial charge in [-0.05, 0) is 12.5 Å². The summed E-state index contributed by atoms with van der Waals surface area (Å²) in [7, 11) is 1.78. The highest BCUT2D eigenvalue weighted by molar-refractivity contribution is 14.0. The zero-order valence-electron chi connectivity index (χ0n) is 12.1. The third-order valence-corrected chi connectivity index (χ3v) is 2.86. The van der Waals surface area contributed by atoms with Crippen molar-refractivity contribution in [2.24, 2.45) is 4.99 Å². The lowest BCUT2D eigenvalue weighted by Gasteiger charge is -2.12. The van der Waals surface area contributed by atoms with Crippen molar-refractivity contribution in [1.82, 2.24) is 30.0 Å². The van der Waals surface area contributed by atoms with Gasteiger partial charge in [-0.25, -0.2) is 4.98 Å². The Morgan fingerprint density at radius 3 is 2.67 bits per heavy atom. The van der Waals surface area contributed by atoms with Crippen LogP contribution in [0.15, 0.2) is 42.2 Å². The van der Waals surface area contributed by atoms with Crippen molar-refractivity contribution in [3.8, 4) is 0 Å². The first-order valence-electron chi connectivity index (χ1n) is 6.76. The zero-order valence-corrected chi connectivity index (χ0v) is 14.5. The fourth-order valence-electron chi connectivity index (χ4n) is 1.82. The van der Waals surface area contributed by atoms with E-state index in [0.717, 1.165) is 38.6 Å². The number of halogens is 1. The molecule has 0 atom stereocenters. The van der Waals surface area contributed by atoms with Gasteiger partial charge >= 0.3 is 0 Å². The van der Waals surface area contributed by atoms with E-state index in [1.54, 1.807) is 19.4 Å². The Morgan fingerprint density at radius 1 is 1.14 bits per heavy atom. The molecule has 2 aromatic heterocycles. The fourth-order valence-corrected chi connectivity index (χ4v) is 1.82. The van der Waals surface area contributed by atoms with Crippen molar-refractivity contribution in [3.05, 3.63) is 37.2 Å². The second-order valence-electron chi connectivity index (χ2n) is 4.35. The molecule has 0 saturated heterocycles. The standard InChI is InChI=1S/C13H21N7.HI/c1-14-13(17-7-11-19-10-6-15-12-19)16-4-2-8-20-9-3-5-18-20;/h3,5-6,9-10,12H,2,4,7-8,11H2,1H3,(H2,14,16,17);1H. The van der Waals surface area contributed by atoms with E-state index in [1.807, 2.05) is 34.0 Å². The highest BCUT2D eigenvalue weighted by Gasteiger charge is 1.97. The summed E-state index contributed by atoms with van der Waals surface area (Å²) in [4.78, 5) is 8.19. The lowest BCUT2D eigenvalue weighted by molar-refractivity contribution is 0.569. The van der Waals surface area contributed by atoms with Crippen molar-refractivity contribution >= 4 is 29.9 Å². The molecule has 0 saturated carbocycles. The van der Waals surface area contributed by atoms with Crippen molar-refractivity contribution in [2.75, 3.05) is 20.1 Å². The predicted octanol–water partition coefficient (Wildman–Crippen LogP) is 0.953. The van der Waals surface area contributed by atoms with E-state index < -0.39 is 0 Å². The Morgan fingerprint density at radius 2 is 2.00 bits per heavy atom. The number of aromatic nitrogens is 4. The molecular weight excluding hydrogens is 381 g/mol. The monoisotopic (exact) mass is 403 g/mol. The molecular formula is C13H22IN7. The van der Waals surface area contributed by atoms with Gasteiger partial charge in [-0.1, -0.05) is 0 Å². The SMILES string of the molecule is CN=C(NCCCn1cccn1)NCCn1ccnc1.I. The van der Waals surface area contributed by atoms with Crippen LogP contribution in [0.5, 0.6) is 0 Å². The molecule has 21 heavy (non-hydrogen) atoms. The van der Waals surface area contributed by atoms with Gasteiger partial charge in [0.25, 0.3) is 0 Å². The quantitative estimate of drug-likeness (QED) is 0.313. The first-order chi connectivity index (χ1) is 9.88. The van der Waals surface area contributed by atoms with Crippen LogP contribution in [-0.4, -0.2) is 45.4 Å². The van der Waals surface area contributed by atoms with Gasteiger partial charge in [0.2, 0.25) is 0 Å². The maximum atomic E-state index is 4.19. The van der Waals surface area contributed by atoms with Crippen molar-refractivity contribution in [3.63, 3.8) is 0 Å². The minimum absolute atomic E-state index is 0. The highest BCUT2D eigenvalue weighted by atomic mass is 127. The van der Waals surface area contributed by atoms with E-state index in [0.29, 0.717) is 0 Å². The highest BCUT2D eigenvalue weighted by Crippen LogP contribution is 1.88. The van der Waals surface area contributed by atoms with Gasteiger partial charge in [-0.3, -0.25) is 9.67 Å². The van der Waals surface area contributed by atoms with Crippen LogP contribution in [0.25, 0.3) is 0 Å². The molecule has 2 N–H and O–H groups in total. The molecule has 0 unspecified atom stereocenters. The van der Waals surface area contributed by atoms with E-state index in [1.165, 1.54) is 0 Å². The molecule has 0 spiro atoms. The number of hydrogen-bond donors (Lipinski definition) is 2. The van der Waals surface area contributed by atoms with Gasteiger partial charge in [0.05, 0.1) is 6.33 Å². The lowest BCUT2D eigenvalue weighted by Crippen LogP contribution is -2.39. The molecule has 0 aromatic carbocycles. The third kappa shape index (κ3) is 6.61. The molecule has 0 fully saturated rings. The average molecular weight is 403 g/mol. The van der Waals surface area contributed by atoms with Crippen molar-refractivity contribution < 1.29 is 0 Å². The maximum Gasteiger partial charge on any atom is 0.191 e. The molecule has 0 bridgehead atoms. The molecule has 0 aliphatic carbocycles. The number of aryl methyl sites for hydroxylation is 1. The largest absolute Gasteiger partial charge is 0.356 e. The number of nitrogens with one attached hydrogen (secondary N) is 2. The number of hydrogen-bond acceptors (Lipinski definition) is 3. The number of nitrogens with zero attached hydrogens (tertiary/aromatic N) is 5. The normalized spacial score (nSPS) is 11.0. The maximum absolute atomic E-state index is 4.19. The summed E-state index contributed by atoms with van der Waals surface area (Å²) in [5.74, 6) is 0.825. The van der Waals surface area contributed by atoms with E-state index >= 15 is 0 Å².